The predicted octanol–water partition coefficient (Wildman–Crippen LogP) is 4.71. The third-order valence-electron chi connectivity index (χ3n) is 5.07. The summed E-state index contributed by atoms with van der Waals surface area (Å²) < 4.78 is 32.6. The van der Waals surface area contributed by atoms with Gasteiger partial charge in [0.05, 0.1) is 4.90 Å². The lowest BCUT2D eigenvalue weighted by atomic mass is 10.1. The molecule has 0 atom stereocenters. The molecule has 0 unspecified atom stereocenters. The number of oxazole rings is 1. The van der Waals surface area contributed by atoms with E-state index in [4.69, 9.17) is 4.42 Å². The molecule has 0 fully saturated rings. The molecule has 4 aromatic rings. The van der Waals surface area contributed by atoms with Crippen LogP contribution >= 0.6 is 0 Å². The van der Waals surface area contributed by atoms with E-state index >= 15 is 0 Å². The Labute approximate surface area is 169 Å². The molecule has 1 aliphatic heterocycles. The Morgan fingerprint density at radius 2 is 1.59 bits per heavy atom. The number of hydrogen-bond acceptors (Lipinski definition) is 4. The Balaban J connectivity index is 1.35. The summed E-state index contributed by atoms with van der Waals surface area (Å²) in [5, 5.41) is 0. The zero-order valence-electron chi connectivity index (χ0n) is 15.5. The van der Waals surface area contributed by atoms with Gasteiger partial charge in [-0.1, -0.05) is 60.7 Å². The van der Waals surface area contributed by atoms with Crippen LogP contribution in [0.1, 0.15) is 11.1 Å². The molecule has 6 heteroatoms. The molecule has 0 spiro atoms. The zero-order valence-corrected chi connectivity index (χ0v) is 16.3. The molecule has 0 bridgehead atoms. The van der Waals surface area contributed by atoms with E-state index < -0.39 is 10.0 Å². The fourth-order valence-electron chi connectivity index (χ4n) is 3.55. The van der Waals surface area contributed by atoms with Gasteiger partial charge in [0, 0.05) is 24.2 Å². The van der Waals surface area contributed by atoms with Crippen molar-refractivity contribution in [1.82, 2.24) is 9.29 Å². The van der Waals surface area contributed by atoms with Crippen molar-refractivity contribution in [3.63, 3.8) is 0 Å². The first kappa shape index (κ1) is 17.8. The number of hydrogen-bond donors (Lipinski definition) is 0. The van der Waals surface area contributed by atoms with E-state index in [2.05, 4.69) is 4.98 Å². The molecule has 5 rings (SSSR count). The molecule has 3 aromatic carbocycles. The highest BCUT2D eigenvalue weighted by molar-refractivity contribution is 7.89. The van der Waals surface area contributed by atoms with E-state index in [1.54, 1.807) is 18.4 Å². The topological polar surface area (TPSA) is 63.4 Å². The molecule has 1 aliphatic rings. The van der Waals surface area contributed by atoms with Crippen molar-refractivity contribution < 1.29 is 12.8 Å². The summed E-state index contributed by atoms with van der Waals surface area (Å²) in [7, 11) is -3.43. The molecule has 0 aliphatic carbocycles. The predicted molar refractivity (Wildman–Crippen MR) is 110 cm³/mol. The minimum absolute atomic E-state index is 0.339. The quantitative estimate of drug-likeness (QED) is 0.496. The van der Waals surface area contributed by atoms with Crippen LogP contribution in [0.2, 0.25) is 0 Å². The second-order valence-corrected chi connectivity index (χ2v) is 8.89. The summed E-state index contributed by atoms with van der Waals surface area (Å²) in [6.07, 6.45) is 1.64. The van der Waals surface area contributed by atoms with Gasteiger partial charge in [0.1, 0.15) is 12.0 Å². The summed E-state index contributed by atoms with van der Waals surface area (Å²) in [4.78, 5) is 4.97. The Morgan fingerprint density at radius 1 is 0.862 bits per heavy atom. The van der Waals surface area contributed by atoms with Crippen LogP contribution in [0.25, 0.3) is 22.7 Å². The molecule has 144 valence electrons. The van der Waals surface area contributed by atoms with Gasteiger partial charge in [0.15, 0.2) is 0 Å². The monoisotopic (exact) mass is 402 g/mol. The van der Waals surface area contributed by atoms with Crippen LogP contribution in [-0.4, -0.2) is 17.7 Å². The molecule has 2 heterocycles. The first-order valence-electron chi connectivity index (χ1n) is 9.29. The fraction of sp³-hybridized carbons (Fsp3) is 0.0870. The largest absolute Gasteiger partial charge is 0.444 e. The van der Waals surface area contributed by atoms with Crippen LogP contribution < -0.4 is 0 Å². The molecule has 0 saturated heterocycles. The fourth-order valence-corrected chi connectivity index (χ4v) is 5.17. The lowest BCUT2D eigenvalue weighted by molar-refractivity contribution is 0.420. The number of fused-ring (bicyclic) bond motifs is 1. The SMILES string of the molecule is O=S1(=O)c2ccccc2CN1Cc1ccc(-c2coc(-c3ccccc3)n2)cc1. The average molecular weight is 402 g/mol. The second-order valence-electron chi connectivity index (χ2n) is 6.98. The van der Waals surface area contributed by atoms with Crippen LogP contribution in [-0.2, 0) is 23.1 Å². The van der Waals surface area contributed by atoms with Crippen LogP contribution in [0.4, 0.5) is 0 Å². The van der Waals surface area contributed by atoms with Crippen LogP contribution in [0.5, 0.6) is 0 Å². The lowest BCUT2D eigenvalue weighted by Gasteiger charge is -2.14. The Hall–Kier alpha value is -3.22. The van der Waals surface area contributed by atoms with Gasteiger partial charge in [-0.3, -0.25) is 0 Å². The van der Waals surface area contributed by atoms with Crippen LogP contribution in [0, 0.1) is 0 Å². The Bertz CT molecular complexity index is 1260. The molecular formula is C23H18N2O3S. The minimum atomic E-state index is -3.43. The maximum atomic E-state index is 12.7. The Morgan fingerprint density at radius 3 is 2.34 bits per heavy atom. The van der Waals surface area contributed by atoms with Gasteiger partial charge in [-0.2, -0.15) is 4.31 Å². The summed E-state index contributed by atoms with van der Waals surface area (Å²) in [5.41, 5.74) is 4.37. The summed E-state index contributed by atoms with van der Waals surface area (Å²) in [6.45, 7) is 0.745. The number of nitrogens with zero attached hydrogens (tertiary/aromatic N) is 2. The third-order valence-corrected chi connectivity index (χ3v) is 6.96. The standard InChI is InChI=1S/C23H18N2O3S/c26-29(27)22-9-5-4-8-20(22)15-25(29)14-17-10-12-18(13-11-17)21-16-28-23(24-21)19-6-2-1-3-7-19/h1-13,16H,14-15H2. The minimum Gasteiger partial charge on any atom is -0.444 e. The van der Waals surface area contributed by atoms with Crippen molar-refractivity contribution in [2.75, 3.05) is 0 Å². The highest BCUT2D eigenvalue weighted by Gasteiger charge is 2.33. The first-order chi connectivity index (χ1) is 14.1. The van der Waals surface area contributed by atoms with Gasteiger partial charge in [0.2, 0.25) is 15.9 Å². The summed E-state index contributed by atoms with van der Waals surface area (Å²) in [5.74, 6) is 0.575. The van der Waals surface area contributed by atoms with E-state index in [0.29, 0.717) is 23.9 Å². The number of aromatic nitrogens is 1. The van der Waals surface area contributed by atoms with Crippen molar-refractivity contribution in [1.29, 1.82) is 0 Å². The van der Waals surface area contributed by atoms with E-state index in [1.807, 2.05) is 66.7 Å². The van der Waals surface area contributed by atoms with E-state index in [-0.39, 0.29) is 0 Å². The summed E-state index contributed by atoms with van der Waals surface area (Å²) >= 11 is 0. The maximum Gasteiger partial charge on any atom is 0.244 e. The van der Waals surface area contributed by atoms with E-state index in [0.717, 1.165) is 27.9 Å². The molecule has 0 N–H and O–H groups in total. The van der Waals surface area contributed by atoms with Gasteiger partial charge in [-0.05, 0) is 29.3 Å². The van der Waals surface area contributed by atoms with Gasteiger partial charge in [-0.25, -0.2) is 13.4 Å². The smallest absolute Gasteiger partial charge is 0.244 e. The summed E-state index contributed by atoms with van der Waals surface area (Å²) in [6, 6.07) is 24.7. The van der Waals surface area contributed by atoms with Gasteiger partial charge >= 0.3 is 0 Å². The molecule has 1 aromatic heterocycles. The van der Waals surface area contributed by atoms with Crippen molar-refractivity contribution in [3.8, 4) is 22.7 Å². The van der Waals surface area contributed by atoms with Crippen LogP contribution in [0.3, 0.4) is 0 Å². The number of sulfonamides is 1. The van der Waals surface area contributed by atoms with Crippen LogP contribution in [0.15, 0.2) is 94.4 Å². The average Bonchev–Trinajstić information content (AvgIpc) is 3.33. The van der Waals surface area contributed by atoms with Crippen molar-refractivity contribution in [2.45, 2.75) is 18.0 Å². The van der Waals surface area contributed by atoms with E-state index in [1.165, 1.54) is 4.31 Å². The molecule has 0 saturated carbocycles. The Kier molecular flexibility index (Phi) is 4.30. The normalized spacial score (nSPS) is 15.3. The van der Waals surface area contributed by atoms with E-state index in [9.17, 15) is 8.42 Å². The molecule has 0 radical (unpaired) electrons. The van der Waals surface area contributed by atoms with Gasteiger partial charge in [-0.15, -0.1) is 0 Å². The zero-order chi connectivity index (χ0) is 19.8. The highest BCUT2D eigenvalue weighted by atomic mass is 32.2. The highest BCUT2D eigenvalue weighted by Crippen LogP contribution is 2.31. The molecular weight excluding hydrogens is 384 g/mol. The first-order valence-corrected chi connectivity index (χ1v) is 10.7. The second kappa shape index (κ2) is 6.99. The number of rotatable bonds is 4. The molecule has 29 heavy (non-hydrogen) atoms. The van der Waals surface area contributed by atoms with Crippen molar-refractivity contribution in [3.05, 3.63) is 96.3 Å². The molecule has 5 nitrogen and oxygen atoms in total. The maximum absolute atomic E-state index is 12.7. The van der Waals surface area contributed by atoms with Crippen molar-refractivity contribution >= 4 is 10.0 Å². The number of benzene rings is 3. The van der Waals surface area contributed by atoms with Gasteiger partial charge < -0.3 is 4.42 Å². The molecule has 0 amide bonds. The van der Waals surface area contributed by atoms with Crippen molar-refractivity contribution in [2.24, 2.45) is 0 Å². The third kappa shape index (κ3) is 3.26. The van der Waals surface area contributed by atoms with Gasteiger partial charge in [0.25, 0.3) is 0 Å². The lowest BCUT2D eigenvalue weighted by Crippen LogP contribution is -2.23.